The van der Waals surface area contributed by atoms with Crippen molar-refractivity contribution in [2.24, 2.45) is 0 Å². The van der Waals surface area contributed by atoms with Gasteiger partial charge >= 0.3 is 6.09 Å². The van der Waals surface area contributed by atoms with Gasteiger partial charge in [0.15, 0.2) is 5.65 Å². The summed E-state index contributed by atoms with van der Waals surface area (Å²) < 4.78 is 12.8. The van der Waals surface area contributed by atoms with E-state index in [-0.39, 0.29) is 17.9 Å². The molecular weight excluding hydrogens is 504 g/mol. The number of nitrogens with zero attached hydrogens (tertiary/aromatic N) is 8. The number of alkyl carbamates (subject to hydrolysis) is 1. The van der Waals surface area contributed by atoms with E-state index in [1.165, 1.54) is 0 Å². The highest BCUT2D eigenvalue weighted by atomic mass is 16.6. The number of morpholine rings is 1. The molecule has 2 fully saturated rings. The van der Waals surface area contributed by atoms with E-state index in [0.29, 0.717) is 74.2 Å². The molecule has 2 unspecified atom stereocenters. The average molecular weight is 539 g/mol. The Bertz CT molecular complexity index is 1350. The number of rotatable bonds is 5. The molecule has 3 aromatic rings. The number of nitrogens with one attached hydrogen (secondary N) is 1. The van der Waals surface area contributed by atoms with E-state index in [9.17, 15) is 9.59 Å². The van der Waals surface area contributed by atoms with Gasteiger partial charge in [-0.3, -0.25) is 4.79 Å². The third kappa shape index (κ3) is 5.85. The molecule has 2 aliphatic rings. The molecule has 0 bridgehead atoms. The minimum Gasteiger partial charge on any atom is -0.444 e. The van der Waals surface area contributed by atoms with Crippen molar-refractivity contribution < 1.29 is 19.1 Å². The van der Waals surface area contributed by atoms with E-state index in [1.54, 1.807) is 51.3 Å². The molecule has 2 aliphatic heterocycles. The molecule has 0 spiro atoms. The highest BCUT2D eigenvalue weighted by molar-refractivity contribution is 5.88. The molecule has 0 aliphatic carbocycles. The molecule has 2 saturated heterocycles. The first-order chi connectivity index (χ1) is 18.6. The van der Waals surface area contributed by atoms with Gasteiger partial charge in [0.05, 0.1) is 25.6 Å². The lowest BCUT2D eigenvalue weighted by atomic mass is 10.2. The maximum absolute atomic E-state index is 13.1. The van der Waals surface area contributed by atoms with E-state index in [1.807, 2.05) is 4.57 Å². The summed E-state index contributed by atoms with van der Waals surface area (Å²) in [6, 6.07) is -0.763. The van der Waals surface area contributed by atoms with Crippen molar-refractivity contribution in [2.45, 2.75) is 51.8 Å². The number of hydrogen-bond donors (Lipinski definition) is 2. The van der Waals surface area contributed by atoms with Gasteiger partial charge in [-0.2, -0.15) is 4.98 Å². The molecule has 5 rings (SSSR count). The molecule has 2 amide bonds. The van der Waals surface area contributed by atoms with Crippen LogP contribution in [0, 0.1) is 0 Å². The second-order valence-corrected chi connectivity index (χ2v) is 10.7. The van der Waals surface area contributed by atoms with Crippen LogP contribution in [0.4, 0.5) is 16.7 Å². The van der Waals surface area contributed by atoms with Gasteiger partial charge in [-0.15, -0.1) is 0 Å². The summed E-state index contributed by atoms with van der Waals surface area (Å²) in [5.41, 5.74) is 7.63. The summed E-state index contributed by atoms with van der Waals surface area (Å²) in [6.07, 6.45) is 5.09. The molecule has 3 N–H and O–H groups in total. The highest BCUT2D eigenvalue weighted by Crippen LogP contribution is 2.31. The van der Waals surface area contributed by atoms with Crippen LogP contribution in [0.25, 0.3) is 22.4 Å². The monoisotopic (exact) mass is 538 g/mol. The van der Waals surface area contributed by atoms with Gasteiger partial charge in [0, 0.05) is 44.1 Å². The smallest absolute Gasteiger partial charge is 0.408 e. The number of nitrogen functional groups attached to an aromatic ring is 1. The molecule has 3 aromatic heterocycles. The van der Waals surface area contributed by atoms with Crippen molar-refractivity contribution in [1.82, 2.24) is 39.7 Å². The van der Waals surface area contributed by atoms with Crippen LogP contribution >= 0.6 is 0 Å². The van der Waals surface area contributed by atoms with Crippen molar-refractivity contribution in [3.05, 3.63) is 18.7 Å². The Balaban J connectivity index is 1.40. The SMILES string of the molecule is CC(NC(=O)OC(C)(C)C)C(=O)N1CCC(n2cnc3c(-c4cnc(N)nc4)nc(N4CCOCC4)nc32)C1. The molecule has 0 radical (unpaired) electrons. The number of fused-ring (bicyclic) bond motifs is 1. The van der Waals surface area contributed by atoms with Gasteiger partial charge < -0.3 is 34.9 Å². The lowest BCUT2D eigenvalue weighted by molar-refractivity contribution is -0.132. The lowest BCUT2D eigenvalue weighted by Gasteiger charge is -2.27. The van der Waals surface area contributed by atoms with E-state index in [2.05, 4.69) is 25.2 Å². The average Bonchev–Trinajstić information content (AvgIpc) is 3.55. The van der Waals surface area contributed by atoms with E-state index in [0.717, 1.165) is 0 Å². The summed E-state index contributed by atoms with van der Waals surface area (Å²) in [7, 11) is 0. The number of ether oxygens (including phenoxy) is 2. The Kier molecular flexibility index (Phi) is 7.21. The number of aromatic nitrogens is 6. The van der Waals surface area contributed by atoms with Crippen LogP contribution in [0.5, 0.6) is 0 Å². The number of amides is 2. The van der Waals surface area contributed by atoms with Crippen LogP contribution in [-0.4, -0.2) is 97.4 Å². The van der Waals surface area contributed by atoms with Crippen LogP contribution in [0.2, 0.25) is 0 Å². The lowest BCUT2D eigenvalue weighted by Crippen LogP contribution is -2.47. The van der Waals surface area contributed by atoms with Crippen LogP contribution in [0.3, 0.4) is 0 Å². The first-order valence-corrected chi connectivity index (χ1v) is 13.0. The zero-order valence-corrected chi connectivity index (χ0v) is 22.6. The highest BCUT2D eigenvalue weighted by Gasteiger charge is 2.33. The number of anilines is 2. The number of likely N-dealkylation sites (tertiary alicyclic amines) is 1. The van der Waals surface area contributed by atoms with Crippen LogP contribution in [-0.2, 0) is 14.3 Å². The Morgan fingerprint density at radius 1 is 1.13 bits per heavy atom. The van der Waals surface area contributed by atoms with Gasteiger partial charge in [0.1, 0.15) is 22.9 Å². The summed E-state index contributed by atoms with van der Waals surface area (Å²) >= 11 is 0. The van der Waals surface area contributed by atoms with Gasteiger partial charge in [0.25, 0.3) is 0 Å². The molecular formula is C25H34N10O4. The van der Waals surface area contributed by atoms with Crippen molar-refractivity contribution >= 4 is 35.1 Å². The minimum atomic E-state index is -0.717. The largest absolute Gasteiger partial charge is 0.444 e. The Labute approximate surface area is 225 Å². The molecule has 0 aromatic carbocycles. The predicted octanol–water partition coefficient (Wildman–Crippen LogP) is 1.39. The third-order valence-electron chi connectivity index (χ3n) is 6.62. The molecule has 39 heavy (non-hydrogen) atoms. The number of nitrogens with two attached hydrogens (primary N) is 1. The Morgan fingerprint density at radius 2 is 1.85 bits per heavy atom. The normalized spacial score (nSPS) is 18.8. The van der Waals surface area contributed by atoms with Crippen LogP contribution < -0.4 is 16.0 Å². The van der Waals surface area contributed by atoms with E-state index < -0.39 is 17.7 Å². The molecule has 14 heteroatoms. The molecule has 2 atom stereocenters. The van der Waals surface area contributed by atoms with Crippen LogP contribution in [0.1, 0.15) is 40.2 Å². The predicted molar refractivity (Wildman–Crippen MR) is 143 cm³/mol. The standard InChI is InChI=1S/C25H34N10O4/c1-15(30-24(37)39-25(2,3)4)21(36)34-6-5-17(13-34)35-14-29-19-18(16-11-27-22(26)28-12-16)31-23(32-20(19)35)33-7-9-38-10-8-33/h11-12,14-15,17H,5-10,13H2,1-4H3,(H,30,37)(H2,26,27,28). The molecule has 14 nitrogen and oxygen atoms in total. The van der Waals surface area contributed by atoms with Gasteiger partial charge in [0.2, 0.25) is 17.8 Å². The third-order valence-corrected chi connectivity index (χ3v) is 6.62. The zero-order chi connectivity index (χ0) is 27.7. The van der Waals surface area contributed by atoms with Crippen molar-refractivity contribution in [3.63, 3.8) is 0 Å². The van der Waals surface area contributed by atoms with Gasteiger partial charge in [-0.25, -0.2) is 24.7 Å². The number of hydrogen-bond acceptors (Lipinski definition) is 11. The second-order valence-electron chi connectivity index (χ2n) is 10.7. The zero-order valence-electron chi connectivity index (χ0n) is 22.6. The van der Waals surface area contributed by atoms with Crippen molar-refractivity contribution in [3.8, 4) is 11.3 Å². The van der Waals surface area contributed by atoms with Gasteiger partial charge in [-0.05, 0) is 34.1 Å². The molecule has 5 heterocycles. The molecule has 0 saturated carbocycles. The van der Waals surface area contributed by atoms with Crippen LogP contribution in [0.15, 0.2) is 18.7 Å². The minimum absolute atomic E-state index is 0.0457. The fraction of sp³-hybridized carbons (Fsp3) is 0.560. The fourth-order valence-electron chi connectivity index (χ4n) is 4.73. The number of carbonyl (C=O) groups is 2. The number of imidazole rings is 1. The maximum atomic E-state index is 13.1. The van der Waals surface area contributed by atoms with E-state index in [4.69, 9.17) is 25.2 Å². The summed E-state index contributed by atoms with van der Waals surface area (Å²) in [5.74, 6) is 0.575. The van der Waals surface area contributed by atoms with Crippen molar-refractivity contribution in [1.29, 1.82) is 0 Å². The summed E-state index contributed by atoms with van der Waals surface area (Å²) in [4.78, 5) is 51.7. The topological polar surface area (TPSA) is 167 Å². The Morgan fingerprint density at radius 3 is 2.54 bits per heavy atom. The number of carbonyl (C=O) groups excluding carboxylic acids is 2. The Hall–Kier alpha value is -4.07. The van der Waals surface area contributed by atoms with Gasteiger partial charge in [-0.1, -0.05) is 0 Å². The first kappa shape index (κ1) is 26.5. The summed E-state index contributed by atoms with van der Waals surface area (Å²) in [6.45, 7) is 10.5. The summed E-state index contributed by atoms with van der Waals surface area (Å²) in [5, 5.41) is 2.64. The maximum Gasteiger partial charge on any atom is 0.408 e. The van der Waals surface area contributed by atoms with E-state index >= 15 is 0 Å². The molecule has 208 valence electrons. The quantitative estimate of drug-likeness (QED) is 0.482. The van der Waals surface area contributed by atoms with Crippen molar-refractivity contribution in [2.75, 3.05) is 50.0 Å². The second kappa shape index (κ2) is 10.6. The first-order valence-electron chi connectivity index (χ1n) is 13.0. The fourth-order valence-corrected chi connectivity index (χ4v) is 4.73.